The topological polar surface area (TPSA) is 97.6 Å². The molecular formula is C27H24N4O4. The Kier molecular flexibility index (Phi) is 6.01. The number of aromatic nitrogens is 2. The minimum absolute atomic E-state index is 0.0847. The predicted octanol–water partition coefficient (Wildman–Crippen LogP) is 4.71. The molecule has 1 saturated heterocycles. The van der Waals surface area contributed by atoms with E-state index in [0.29, 0.717) is 35.3 Å². The summed E-state index contributed by atoms with van der Waals surface area (Å²) in [6.45, 7) is 2.34. The van der Waals surface area contributed by atoms with Gasteiger partial charge in [-0.1, -0.05) is 41.1 Å². The van der Waals surface area contributed by atoms with Crippen LogP contribution in [0.15, 0.2) is 77.3 Å². The molecule has 8 heteroatoms. The lowest BCUT2D eigenvalue weighted by molar-refractivity contribution is -0.122. The lowest BCUT2D eigenvalue weighted by Crippen LogP contribution is -2.28. The highest BCUT2D eigenvalue weighted by molar-refractivity contribution is 6.03. The fourth-order valence-electron chi connectivity index (χ4n) is 4.03. The third kappa shape index (κ3) is 4.77. The fourth-order valence-corrected chi connectivity index (χ4v) is 4.03. The third-order valence-corrected chi connectivity index (χ3v) is 5.99. The van der Waals surface area contributed by atoms with Crippen LogP contribution in [-0.4, -0.2) is 35.6 Å². The van der Waals surface area contributed by atoms with E-state index in [4.69, 9.17) is 9.26 Å². The normalized spacial score (nSPS) is 15.3. The molecule has 1 aliphatic rings. The summed E-state index contributed by atoms with van der Waals surface area (Å²) >= 11 is 0. The monoisotopic (exact) mass is 468 g/mol. The minimum atomic E-state index is -0.454. The van der Waals surface area contributed by atoms with Crippen LogP contribution in [0.1, 0.15) is 12.0 Å². The molecule has 0 bridgehead atoms. The largest absolute Gasteiger partial charge is 0.497 e. The number of hydrogen-bond donors (Lipinski definition) is 1. The van der Waals surface area contributed by atoms with Crippen LogP contribution in [0, 0.1) is 12.8 Å². The van der Waals surface area contributed by atoms with E-state index in [0.717, 1.165) is 16.8 Å². The summed E-state index contributed by atoms with van der Waals surface area (Å²) < 4.78 is 10.6. The average molecular weight is 469 g/mol. The summed E-state index contributed by atoms with van der Waals surface area (Å²) in [6.07, 6.45) is 0.154. The van der Waals surface area contributed by atoms with Crippen LogP contribution in [0.25, 0.3) is 22.8 Å². The molecule has 35 heavy (non-hydrogen) atoms. The third-order valence-electron chi connectivity index (χ3n) is 5.99. The van der Waals surface area contributed by atoms with Crippen LogP contribution in [0.2, 0.25) is 0 Å². The van der Waals surface area contributed by atoms with Gasteiger partial charge in [-0.2, -0.15) is 4.98 Å². The second-order valence-corrected chi connectivity index (χ2v) is 8.46. The van der Waals surface area contributed by atoms with Gasteiger partial charge in [-0.3, -0.25) is 9.59 Å². The molecule has 3 aromatic carbocycles. The van der Waals surface area contributed by atoms with Crippen molar-refractivity contribution in [1.82, 2.24) is 10.1 Å². The van der Waals surface area contributed by atoms with Gasteiger partial charge >= 0.3 is 0 Å². The lowest BCUT2D eigenvalue weighted by atomic mass is 10.1. The van der Waals surface area contributed by atoms with E-state index in [2.05, 4.69) is 15.5 Å². The van der Waals surface area contributed by atoms with E-state index in [-0.39, 0.29) is 18.2 Å². The van der Waals surface area contributed by atoms with Crippen molar-refractivity contribution >= 4 is 23.2 Å². The molecule has 1 aliphatic heterocycles. The molecule has 1 N–H and O–H groups in total. The Balaban J connectivity index is 1.27. The molecule has 1 fully saturated rings. The van der Waals surface area contributed by atoms with Gasteiger partial charge in [0.15, 0.2) is 0 Å². The van der Waals surface area contributed by atoms with Gasteiger partial charge in [0.1, 0.15) is 5.75 Å². The summed E-state index contributed by atoms with van der Waals surface area (Å²) in [5.74, 6) is 0.818. The molecular weight excluding hydrogens is 444 g/mol. The summed E-state index contributed by atoms with van der Waals surface area (Å²) in [6, 6.07) is 22.3. The number of aryl methyl sites for hydroxylation is 1. The number of carbonyl (C=O) groups is 2. The Morgan fingerprint density at radius 1 is 1.06 bits per heavy atom. The quantitative estimate of drug-likeness (QED) is 0.440. The first kappa shape index (κ1) is 22.3. The maximum atomic E-state index is 12.9. The first-order valence-electron chi connectivity index (χ1n) is 11.3. The van der Waals surface area contributed by atoms with E-state index in [1.807, 2.05) is 55.5 Å². The highest BCUT2D eigenvalue weighted by Crippen LogP contribution is 2.29. The molecule has 2 amide bonds. The van der Waals surface area contributed by atoms with Gasteiger partial charge in [0, 0.05) is 35.5 Å². The van der Waals surface area contributed by atoms with Crippen LogP contribution < -0.4 is 15.0 Å². The summed E-state index contributed by atoms with van der Waals surface area (Å²) in [7, 11) is 1.59. The van der Waals surface area contributed by atoms with Crippen LogP contribution in [0.5, 0.6) is 5.75 Å². The van der Waals surface area contributed by atoms with Crippen molar-refractivity contribution in [3.63, 3.8) is 0 Å². The maximum absolute atomic E-state index is 12.9. The highest BCUT2D eigenvalue weighted by Gasteiger charge is 2.35. The van der Waals surface area contributed by atoms with E-state index in [1.54, 1.807) is 36.3 Å². The zero-order valence-corrected chi connectivity index (χ0v) is 19.4. The molecule has 0 unspecified atom stereocenters. The Morgan fingerprint density at radius 3 is 2.57 bits per heavy atom. The van der Waals surface area contributed by atoms with E-state index in [9.17, 15) is 9.59 Å². The van der Waals surface area contributed by atoms with Gasteiger partial charge in [-0.15, -0.1) is 0 Å². The van der Waals surface area contributed by atoms with Gasteiger partial charge in [-0.25, -0.2) is 0 Å². The van der Waals surface area contributed by atoms with E-state index >= 15 is 0 Å². The summed E-state index contributed by atoms with van der Waals surface area (Å²) in [5.41, 5.74) is 4.04. The van der Waals surface area contributed by atoms with Crippen molar-refractivity contribution in [2.45, 2.75) is 13.3 Å². The van der Waals surface area contributed by atoms with Gasteiger partial charge in [0.25, 0.3) is 5.89 Å². The van der Waals surface area contributed by atoms with Gasteiger partial charge in [0.2, 0.25) is 17.6 Å². The average Bonchev–Trinajstić information content (AvgIpc) is 3.52. The zero-order valence-electron chi connectivity index (χ0n) is 19.4. The van der Waals surface area contributed by atoms with Crippen molar-refractivity contribution in [3.05, 3.63) is 78.4 Å². The van der Waals surface area contributed by atoms with Crippen LogP contribution in [-0.2, 0) is 9.59 Å². The Hall–Kier alpha value is -4.46. The standard InChI is InChI=1S/C27H24N4O4/c1-17-6-8-18(9-7-17)25-29-27(35-30-25)19-4-3-5-21(14-19)28-26(33)20-15-24(32)31(16-20)22-10-12-23(34-2)13-11-22/h3-14,20H,15-16H2,1-2H3,(H,28,33)/t20-/m1/s1. The first-order chi connectivity index (χ1) is 17.0. The van der Waals surface area contributed by atoms with Gasteiger partial charge in [0.05, 0.1) is 13.0 Å². The highest BCUT2D eigenvalue weighted by atomic mass is 16.5. The Morgan fingerprint density at radius 2 is 1.83 bits per heavy atom. The number of benzene rings is 3. The number of hydrogen-bond acceptors (Lipinski definition) is 6. The van der Waals surface area contributed by atoms with E-state index < -0.39 is 5.92 Å². The SMILES string of the molecule is COc1ccc(N2C[C@H](C(=O)Nc3cccc(-c4nc(-c5ccc(C)cc5)no4)c3)CC2=O)cc1. The second kappa shape index (κ2) is 9.42. The minimum Gasteiger partial charge on any atom is -0.497 e. The number of carbonyl (C=O) groups excluding carboxylic acids is 2. The van der Waals surface area contributed by atoms with Gasteiger partial charge < -0.3 is 19.5 Å². The van der Waals surface area contributed by atoms with Crippen LogP contribution in [0.4, 0.5) is 11.4 Å². The zero-order chi connectivity index (χ0) is 24.4. The molecule has 8 nitrogen and oxygen atoms in total. The van der Waals surface area contributed by atoms with Gasteiger partial charge in [-0.05, 0) is 49.4 Å². The van der Waals surface area contributed by atoms with Crippen LogP contribution >= 0.6 is 0 Å². The molecule has 0 aliphatic carbocycles. The van der Waals surface area contributed by atoms with Crippen molar-refractivity contribution in [2.24, 2.45) is 5.92 Å². The summed E-state index contributed by atoms with van der Waals surface area (Å²) in [5, 5.41) is 7.00. The Bertz CT molecular complexity index is 1360. The number of nitrogens with one attached hydrogen (secondary N) is 1. The first-order valence-corrected chi connectivity index (χ1v) is 11.3. The second-order valence-electron chi connectivity index (χ2n) is 8.46. The Labute approximate surface area is 202 Å². The molecule has 1 atom stereocenters. The molecule has 5 rings (SSSR count). The predicted molar refractivity (Wildman–Crippen MR) is 132 cm³/mol. The maximum Gasteiger partial charge on any atom is 0.258 e. The molecule has 176 valence electrons. The smallest absolute Gasteiger partial charge is 0.258 e. The molecule has 0 radical (unpaired) electrons. The van der Waals surface area contributed by atoms with Crippen molar-refractivity contribution in [3.8, 4) is 28.6 Å². The number of methoxy groups -OCH3 is 1. The molecule has 4 aromatic rings. The molecule has 0 saturated carbocycles. The number of amides is 2. The number of rotatable bonds is 6. The summed E-state index contributed by atoms with van der Waals surface area (Å²) in [4.78, 5) is 31.6. The van der Waals surface area contributed by atoms with Crippen molar-refractivity contribution < 1.29 is 18.8 Å². The molecule has 2 heterocycles. The lowest BCUT2D eigenvalue weighted by Gasteiger charge is -2.17. The number of ether oxygens (including phenoxy) is 1. The molecule has 0 spiro atoms. The number of anilines is 2. The van der Waals surface area contributed by atoms with E-state index in [1.165, 1.54) is 0 Å². The van der Waals surface area contributed by atoms with Crippen molar-refractivity contribution in [2.75, 3.05) is 23.9 Å². The van der Waals surface area contributed by atoms with Crippen molar-refractivity contribution in [1.29, 1.82) is 0 Å². The fraction of sp³-hybridized carbons (Fsp3) is 0.185. The molecule has 1 aromatic heterocycles. The number of nitrogens with zero attached hydrogens (tertiary/aromatic N) is 3. The van der Waals surface area contributed by atoms with Crippen LogP contribution in [0.3, 0.4) is 0 Å².